The molecule has 0 aliphatic carbocycles. The fourth-order valence-corrected chi connectivity index (χ4v) is 3.85. The van der Waals surface area contributed by atoms with E-state index in [1.807, 2.05) is 36.5 Å². The SMILES string of the molecule is NCc1ccc(-c2nc3ccnc(/C=C/c4ccccc4)c3cc2-c2ccccc2)cc1. The molecule has 0 saturated carbocycles. The van der Waals surface area contributed by atoms with Crippen molar-refractivity contribution in [2.45, 2.75) is 6.54 Å². The standard InChI is InChI=1S/C29H23N3/c30-20-22-11-14-24(15-12-22)29-25(23-9-5-2-6-10-23)19-26-27(31-18-17-28(26)32-29)16-13-21-7-3-1-4-8-21/h1-19H,20,30H2/b16-13+. The number of aromatic nitrogens is 2. The molecule has 2 heterocycles. The molecule has 32 heavy (non-hydrogen) atoms. The molecule has 0 radical (unpaired) electrons. The number of rotatable bonds is 5. The van der Waals surface area contributed by atoms with Crippen molar-refractivity contribution >= 4 is 23.1 Å². The molecule has 2 aromatic heterocycles. The van der Waals surface area contributed by atoms with Crippen molar-refractivity contribution in [3.05, 3.63) is 120 Å². The van der Waals surface area contributed by atoms with Crippen LogP contribution in [-0.4, -0.2) is 9.97 Å². The Kier molecular flexibility index (Phi) is 5.56. The fraction of sp³-hybridized carbons (Fsp3) is 0.0345. The number of nitrogens with zero attached hydrogens (tertiary/aromatic N) is 2. The zero-order chi connectivity index (χ0) is 21.8. The topological polar surface area (TPSA) is 51.8 Å². The summed E-state index contributed by atoms with van der Waals surface area (Å²) in [4.78, 5) is 9.73. The van der Waals surface area contributed by atoms with Crippen molar-refractivity contribution in [3.8, 4) is 22.4 Å². The van der Waals surface area contributed by atoms with Gasteiger partial charge in [0, 0.05) is 29.3 Å². The number of hydrogen-bond acceptors (Lipinski definition) is 3. The third-order valence-electron chi connectivity index (χ3n) is 5.56. The second-order valence-corrected chi connectivity index (χ2v) is 7.66. The van der Waals surface area contributed by atoms with E-state index < -0.39 is 0 Å². The van der Waals surface area contributed by atoms with Crippen LogP contribution in [0.1, 0.15) is 16.8 Å². The maximum absolute atomic E-state index is 5.79. The predicted octanol–water partition coefficient (Wildman–Crippen LogP) is 6.59. The first kappa shape index (κ1) is 19.9. The molecule has 5 rings (SSSR count). The van der Waals surface area contributed by atoms with Crippen LogP contribution in [0.4, 0.5) is 0 Å². The summed E-state index contributed by atoms with van der Waals surface area (Å²) in [5, 5.41) is 1.03. The Balaban J connectivity index is 1.69. The van der Waals surface area contributed by atoms with Gasteiger partial charge in [-0.3, -0.25) is 4.98 Å². The molecular formula is C29H23N3. The van der Waals surface area contributed by atoms with Crippen LogP contribution in [0.5, 0.6) is 0 Å². The van der Waals surface area contributed by atoms with Crippen LogP contribution in [0, 0.1) is 0 Å². The lowest BCUT2D eigenvalue weighted by molar-refractivity contribution is 1.07. The van der Waals surface area contributed by atoms with Gasteiger partial charge < -0.3 is 5.73 Å². The zero-order valence-corrected chi connectivity index (χ0v) is 17.6. The first-order valence-corrected chi connectivity index (χ1v) is 10.7. The van der Waals surface area contributed by atoms with E-state index in [0.29, 0.717) is 6.54 Å². The number of fused-ring (bicyclic) bond motifs is 1. The minimum absolute atomic E-state index is 0.528. The lowest BCUT2D eigenvalue weighted by Crippen LogP contribution is -1.97. The van der Waals surface area contributed by atoms with Crippen molar-refractivity contribution in [1.82, 2.24) is 9.97 Å². The third kappa shape index (κ3) is 4.07. The van der Waals surface area contributed by atoms with Crippen LogP contribution in [0.3, 0.4) is 0 Å². The van der Waals surface area contributed by atoms with Gasteiger partial charge in [-0.1, -0.05) is 91.0 Å². The van der Waals surface area contributed by atoms with Crippen molar-refractivity contribution < 1.29 is 0 Å². The molecule has 3 aromatic carbocycles. The molecular weight excluding hydrogens is 390 g/mol. The van der Waals surface area contributed by atoms with Crippen LogP contribution in [0.25, 0.3) is 45.4 Å². The maximum atomic E-state index is 5.79. The lowest BCUT2D eigenvalue weighted by atomic mass is 9.96. The van der Waals surface area contributed by atoms with E-state index in [0.717, 1.165) is 50.1 Å². The van der Waals surface area contributed by atoms with Gasteiger partial charge >= 0.3 is 0 Å². The molecule has 0 aliphatic rings. The van der Waals surface area contributed by atoms with Crippen LogP contribution in [0.15, 0.2) is 103 Å². The van der Waals surface area contributed by atoms with Crippen molar-refractivity contribution in [2.24, 2.45) is 5.73 Å². The largest absolute Gasteiger partial charge is 0.326 e. The smallest absolute Gasteiger partial charge is 0.0788 e. The Morgan fingerprint density at radius 3 is 2.16 bits per heavy atom. The Hall–Kier alpha value is -4.08. The van der Waals surface area contributed by atoms with Gasteiger partial charge in [0.15, 0.2) is 0 Å². The highest BCUT2D eigenvalue weighted by molar-refractivity contribution is 5.96. The molecule has 154 valence electrons. The second kappa shape index (κ2) is 8.96. The average molecular weight is 414 g/mol. The summed E-state index contributed by atoms with van der Waals surface area (Å²) < 4.78 is 0. The summed E-state index contributed by atoms with van der Waals surface area (Å²) in [6.07, 6.45) is 5.97. The summed E-state index contributed by atoms with van der Waals surface area (Å²) in [5.41, 5.74) is 14.1. The molecule has 0 spiro atoms. The van der Waals surface area contributed by atoms with E-state index in [9.17, 15) is 0 Å². The molecule has 0 unspecified atom stereocenters. The average Bonchev–Trinajstić information content (AvgIpc) is 2.88. The molecule has 5 aromatic rings. The molecule has 0 saturated heterocycles. The first-order valence-electron chi connectivity index (χ1n) is 10.7. The van der Waals surface area contributed by atoms with Gasteiger partial charge in [-0.25, -0.2) is 4.98 Å². The monoisotopic (exact) mass is 413 g/mol. The highest BCUT2D eigenvalue weighted by Gasteiger charge is 2.13. The first-order chi connectivity index (χ1) is 15.8. The summed E-state index contributed by atoms with van der Waals surface area (Å²) in [6, 6.07) is 33.1. The van der Waals surface area contributed by atoms with E-state index in [2.05, 4.69) is 83.9 Å². The molecule has 0 fully saturated rings. The summed E-state index contributed by atoms with van der Waals surface area (Å²) in [5.74, 6) is 0. The van der Waals surface area contributed by atoms with Crippen LogP contribution in [-0.2, 0) is 6.54 Å². The lowest BCUT2D eigenvalue weighted by Gasteiger charge is -2.13. The molecule has 0 amide bonds. The normalized spacial score (nSPS) is 11.3. The zero-order valence-electron chi connectivity index (χ0n) is 17.6. The number of pyridine rings is 2. The Morgan fingerprint density at radius 2 is 1.44 bits per heavy atom. The minimum Gasteiger partial charge on any atom is -0.326 e. The molecule has 3 nitrogen and oxygen atoms in total. The summed E-state index contributed by atoms with van der Waals surface area (Å²) in [7, 11) is 0. The van der Waals surface area contributed by atoms with E-state index in [4.69, 9.17) is 10.7 Å². The van der Waals surface area contributed by atoms with Gasteiger partial charge in [-0.2, -0.15) is 0 Å². The maximum Gasteiger partial charge on any atom is 0.0788 e. The van der Waals surface area contributed by atoms with Crippen molar-refractivity contribution in [2.75, 3.05) is 0 Å². The third-order valence-corrected chi connectivity index (χ3v) is 5.56. The van der Waals surface area contributed by atoms with Gasteiger partial charge in [-0.05, 0) is 34.9 Å². The molecule has 2 N–H and O–H groups in total. The summed E-state index contributed by atoms with van der Waals surface area (Å²) in [6.45, 7) is 0.528. The van der Waals surface area contributed by atoms with E-state index in [1.165, 1.54) is 0 Å². The molecule has 0 bridgehead atoms. The fourth-order valence-electron chi connectivity index (χ4n) is 3.85. The second-order valence-electron chi connectivity index (χ2n) is 7.66. The van der Waals surface area contributed by atoms with Gasteiger partial charge in [0.1, 0.15) is 0 Å². The van der Waals surface area contributed by atoms with Gasteiger partial charge in [0.2, 0.25) is 0 Å². The predicted molar refractivity (Wildman–Crippen MR) is 134 cm³/mol. The van der Waals surface area contributed by atoms with Crippen LogP contribution >= 0.6 is 0 Å². The van der Waals surface area contributed by atoms with E-state index in [-0.39, 0.29) is 0 Å². The number of hydrogen-bond donors (Lipinski definition) is 1. The minimum atomic E-state index is 0.528. The number of benzene rings is 3. The van der Waals surface area contributed by atoms with Gasteiger partial charge in [0.05, 0.1) is 16.9 Å². The molecule has 0 aliphatic heterocycles. The Bertz CT molecular complexity index is 1370. The molecule has 3 heteroatoms. The van der Waals surface area contributed by atoms with Crippen LogP contribution < -0.4 is 5.73 Å². The highest BCUT2D eigenvalue weighted by atomic mass is 14.7. The van der Waals surface area contributed by atoms with Gasteiger partial charge in [-0.15, -0.1) is 0 Å². The van der Waals surface area contributed by atoms with E-state index >= 15 is 0 Å². The molecule has 0 atom stereocenters. The highest BCUT2D eigenvalue weighted by Crippen LogP contribution is 2.34. The van der Waals surface area contributed by atoms with Crippen molar-refractivity contribution in [3.63, 3.8) is 0 Å². The Morgan fingerprint density at radius 1 is 0.719 bits per heavy atom. The summed E-state index contributed by atoms with van der Waals surface area (Å²) >= 11 is 0. The van der Waals surface area contributed by atoms with Gasteiger partial charge in [0.25, 0.3) is 0 Å². The van der Waals surface area contributed by atoms with Crippen molar-refractivity contribution in [1.29, 1.82) is 0 Å². The Labute approximate surface area is 187 Å². The van der Waals surface area contributed by atoms with Crippen LogP contribution in [0.2, 0.25) is 0 Å². The quantitative estimate of drug-likeness (QED) is 0.353. The van der Waals surface area contributed by atoms with E-state index in [1.54, 1.807) is 0 Å². The number of nitrogens with two attached hydrogens (primary N) is 1.